The Balaban J connectivity index is 1.78. The number of hydrogen-bond donors (Lipinski definition) is 2. The van der Waals surface area contributed by atoms with Crippen molar-refractivity contribution in [3.63, 3.8) is 0 Å². The molecule has 0 saturated heterocycles. The minimum Gasteiger partial charge on any atom is -0.479 e. The summed E-state index contributed by atoms with van der Waals surface area (Å²) < 4.78 is 5.64. The van der Waals surface area contributed by atoms with Crippen LogP contribution in [0.2, 0.25) is 10.0 Å². The van der Waals surface area contributed by atoms with E-state index in [1.165, 1.54) is 11.3 Å². The minimum atomic E-state index is -0.817. The number of halogens is 2. The van der Waals surface area contributed by atoms with Crippen molar-refractivity contribution in [1.82, 2.24) is 0 Å². The zero-order chi connectivity index (χ0) is 19.7. The second-order valence-corrected chi connectivity index (χ2v) is 8.69. The first-order chi connectivity index (χ1) is 12.8. The van der Waals surface area contributed by atoms with E-state index in [1.54, 1.807) is 25.1 Å². The second-order valence-electron chi connectivity index (χ2n) is 6.74. The number of amides is 2. The summed E-state index contributed by atoms with van der Waals surface area (Å²) in [5.74, 6) is 0.00899. The molecule has 0 radical (unpaired) electrons. The van der Waals surface area contributed by atoms with Crippen LogP contribution in [0.1, 0.15) is 41.1 Å². The van der Waals surface area contributed by atoms with Crippen LogP contribution in [0.4, 0.5) is 5.00 Å². The van der Waals surface area contributed by atoms with E-state index in [0.29, 0.717) is 32.3 Å². The third-order valence-electron chi connectivity index (χ3n) is 4.56. The summed E-state index contributed by atoms with van der Waals surface area (Å²) >= 11 is 13.4. The molecule has 0 spiro atoms. The summed E-state index contributed by atoms with van der Waals surface area (Å²) in [6.07, 6.45) is 1.88. The zero-order valence-corrected chi connectivity index (χ0v) is 17.3. The number of benzene rings is 1. The number of nitrogens with two attached hydrogens (primary N) is 1. The molecule has 1 aliphatic rings. The predicted molar refractivity (Wildman–Crippen MR) is 109 cm³/mol. The first-order valence-corrected chi connectivity index (χ1v) is 10.2. The van der Waals surface area contributed by atoms with Crippen LogP contribution >= 0.6 is 34.5 Å². The van der Waals surface area contributed by atoms with Crippen molar-refractivity contribution in [2.75, 3.05) is 5.32 Å². The molecular formula is C19H20Cl2N2O3S. The van der Waals surface area contributed by atoms with Gasteiger partial charge in [0.05, 0.1) is 10.6 Å². The molecule has 8 heteroatoms. The van der Waals surface area contributed by atoms with Crippen LogP contribution in [0.15, 0.2) is 18.2 Å². The van der Waals surface area contributed by atoms with Crippen molar-refractivity contribution in [2.45, 2.75) is 39.2 Å². The average Bonchev–Trinajstić information content (AvgIpc) is 2.94. The van der Waals surface area contributed by atoms with Gasteiger partial charge in [0.15, 0.2) is 6.10 Å². The van der Waals surface area contributed by atoms with Crippen molar-refractivity contribution in [3.8, 4) is 5.75 Å². The van der Waals surface area contributed by atoms with Gasteiger partial charge in [0.1, 0.15) is 10.8 Å². The molecule has 1 aromatic heterocycles. The fourth-order valence-corrected chi connectivity index (χ4v) is 5.00. The van der Waals surface area contributed by atoms with Crippen LogP contribution in [0.5, 0.6) is 5.75 Å². The number of fused-ring (bicyclic) bond motifs is 1. The quantitative estimate of drug-likeness (QED) is 0.727. The Morgan fingerprint density at radius 2 is 2.11 bits per heavy atom. The summed E-state index contributed by atoms with van der Waals surface area (Å²) in [5, 5.41) is 4.09. The lowest BCUT2D eigenvalue weighted by molar-refractivity contribution is -0.122. The Morgan fingerprint density at radius 3 is 2.78 bits per heavy atom. The number of carbonyl (C=O) groups is 2. The molecule has 1 aliphatic carbocycles. The zero-order valence-electron chi connectivity index (χ0n) is 15.0. The smallest absolute Gasteiger partial charge is 0.265 e. The maximum atomic E-state index is 12.6. The van der Waals surface area contributed by atoms with Gasteiger partial charge in [-0.05, 0) is 55.9 Å². The third-order valence-corrected chi connectivity index (χ3v) is 6.26. The highest BCUT2D eigenvalue weighted by molar-refractivity contribution is 7.17. The van der Waals surface area contributed by atoms with Gasteiger partial charge in [-0.3, -0.25) is 9.59 Å². The number of anilines is 1. The van der Waals surface area contributed by atoms with Gasteiger partial charge in [-0.1, -0.05) is 30.1 Å². The largest absolute Gasteiger partial charge is 0.479 e. The molecule has 27 heavy (non-hydrogen) atoms. The second kappa shape index (κ2) is 8.09. The van der Waals surface area contributed by atoms with E-state index in [0.717, 1.165) is 29.7 Å². The van der Waals surface area contributed by atoms with Crippen molar-refractivity contribution >= 4 is 51.4 Å². The lowest BCUT2D eigenvalue weighted by atomic mass is 9.88. The fraction of sp³-hybridized carbons (Fsp3) is 0.368. The standard InChI is InChI=1S/C19H20Cl2N2O3S/c1-9-3-5-12-15(7-9)27-19(16(12)17(22)24)23-18(25)10(2)26-14-6-4-11(20)8-13(14)21/h4,6,8-10H,3,5,7H2,1-2H3,(H2,22,24)(H,23,25)/t9-,10-/m0/s1. The van der Waals surface area contributed by atoms with Crippen LogP contribution in [0.25, 0.3) is 0 Å². The van der Waals surface area contributed by atoms with E-state index in [4.69, 9.17) is 33.7 Å². The molecule has 0 saturated carbocycles. The molecule has 2 atom stereocenters. The van der Waals surface area contributed by atoms with E-state index < -0.39 is 12.0 Å². The number of thiophene rings is 1. The minimum absolute atomic E-state index is 0.320. The van der Waals surface area contributed by atoms with Gasteiger partial charge in [0.25, 0.3) is 11.8 Å². The van der Waals surface area contributed by atoms with Gasteiger partial charge in [-0.25, -0.2) is 0 Å². The number of carbonyl (C=O) groups excluding carboxylic acids is 2. The Labute approximate surface area is 171 Å². The molecule has 1 aromatic carbocycles. The fourth-order valence-electron chi connectivity index (χ4n) is 3.13. The molecule has 0 unspecified atom stereocenters. The van der Waals surface area contributed by atoms with Crippen LogP contribution in [0.3, 0.4) is 0 Å². The summed E-state index contributed by atoms with van der Waals surface area (Å²) in [6.45, 7) is 3.79. The van der Waals surface area contributed by atoms with E-state index in [2.05, 4.69) is 12.2 Å². The average molecular weight is 427 g/mol. The van der Waals surface area contributed by atoms with Crippen LogP contribution < -0.4 is 15.8 Å². The number of ether oxygens (including phenoxy) is 1. The maximum Gasteiger partial charge on any atom is 0.265 e. The molecular weight excluding hydrogens is 407 g/mol. The van der Waals surface area contributed by atoms with Gasteiger partial charge in [-0.15, -0.1) is 11.3 Å². The predicted octanol–water partition coefficient (Wildman–Crippen LogP) is 4.68. The number of nitrogens with one attached hydrogen (secondary N) is 1. The Morgan fingerprint density at radius 1 is 1.37 bits per heavy atom. The molecule has 0 bridgehead atoms. The van der Waals surface area contributed by atoms with E-state index in [-0.39, 0.29) is 5.91 Å². The first-order valence-electron chi connectivity index (χ1n) is 8.63. The molecule has 2 amide bonds. The molecule has 3 N–H and O–H groups in total. The summed E-state index contributed by atoms with van der Waals surface area (Å²) in [6, 6.07) is 4.78. The molecule has 2 aromatic rings. The Bertz CT molecular complexity index is 897. The van der Waals surface area contributed by atoms with E-state index >= 15 is 0 Å². The van der Waals surface area contributed by atoms with Gasteiger partial charge < -0.3 is 15.8 Å². The molecule has 5 nitrogen and oxygen atoms in total. The van der Waals surface area contributed by atoms with E-state index in [9.17, 15) is 9.59 Å². The summed E-state index contributed by atoms with van der Waals surface area (Å²) in [5.41, 5.74) is 6.97. The van der Waals surface area contributed by atoms with Crippen molar-refractivity contribution in [2.24, 2.45) is 11.7 Å². The van der Waals surface area contributed by atoms with Gasteiger partial charge in [0, 0.05) is 9.90 Å². The van der Waals surface area contributed by atoms with Gasteiger partial charge in [-0.2, -0.15) is 0 Å². The summed E-state index contributed by atoms with van der Waals surface area (Å²) in [4.78, 5) is 25.7. The number of primary amides is 1. The molecule has 144 valence electrons. The highest BCUT2D eigenvalue weighted by Gasteiger charge is 2.28. The maximum absolute atomic E-state index is 12.6. The molecule has 1 heterocycles. The van der Waals surface area contributed by atoms with Crippen LogP contribution in [-0.2, 0) is 17.6 Å². The molecule has 3 rings (SSSR count). The lowest BCUT2D eigenvalue weighted by Crippen LogP contribution is -2.30. The lowest BCUT2D eigenvalue weighted by Gasteiger charge is -2.18. The Hall–Kier alpha value is -1.76. The number of hydrogen-bond acceptors (Lipinski definition) is 4. The normalized spacial score (nSPS) is 17.1. The van der Waals surface area contributed by atoms with Crippen LogP contribution in [0, 0.1) is 5.92 Å². The topological polar surface area (TPSA) is 81.4 Å². The monoisotopic (exact) mass is 426 g/mol. The van der Waals surface area contributed by atoms with Gasteiger partial charge >= 0.3 is 0 Å². The number of rotatable bonds is 5. The summed E-state index contributed by atoms with van der Waals surface area (Å²) in [7, 11) is 0. The van der Waals surface area contributed by atoms with E-state index in [1.807, 2.05) is 0 Å². The first kappa shape index (κ1) is 20.0. The SMILES string of the molecule is C[C@H]1CCc2c(sc(NC(=O)[C@H](C)Oc3ccc(Cl)cc3Cl)c2C(N)=O)C1. The molecule has 0 fully saturated rings. The van der Waals surface area contributed by atoms with Crippen LogP contribution in [-0.4, -0.2) is 17.9 Å². The van der Waals surface area contributed by atoms with Crippen molar-refractivity contribution in [3.05, 3.63) is 44.2 Å². The molecule has 0 aliphatic heterocycles. The van der Waals surface area contributed by atoms with Crippen molar-refractivity contribution in [1.29, 1.82) is 0 Å². The highest BCUT2D eigenvalue weighted by Crippen LogP contribution is 2.39. The van der Waals surface area contributed by atoms with Crippen molar-refractivity contribution < 1.29 is 14.3 Å². The van der Waals surface area contributed by atoms with Gasteiger partial charge in [0.2, 0.25) is 0 Å². The Kier molecular flexibility index (Phi) is 5.99. The third kappa shape index (κ3) is 4.39. The highest BCUT2D eigenvalue weighted by atomic mass is 35.5.